The number of aromatic nitrogens is 1. The van der Waals surface area contributed by atoms with Gasteiger partial charge in [0, 0.05) is 33.8 Å². The molecule has 0 unspecified atom stereocenters. The molecular formula is C19H17Br2Cl2NO3. The van der Waals surface area contributed by atoms with Crippen LogP contribution >= 0.6 is 55.1 Å². The maximum absolute atomic E-state index is 11.2. The second kappa shape index (κ2) is 9.92. The third-order valence-corrected chi connectivity index (χ3v) is 6.27. The molecule has 0 aliphatic rings. The van der Waals surface area contributed by atoms with E-state index in [1.54, 1.807) is 19.1 Å². The fourth-order valence-corrected chi connectivity index (χ4v) is 3.21. The van der Waals surface area contributed by atoms with Crippen LogP contribution < -0.4 is 0 Å². The Labute approximate surface area is 184 Å². The highest BCUT2D eigenvalue weighted by atomic mass is 79.9. The summed E-state index contributed by atoms with van der Waals surface area (Å²) in [7, 11) is 0. The summed E-state index contributed by atoms with van der Waals surface area (Å²) in [5.74, 6) is 0.788. The first-order chi connectivity index (χ1) is 12.8. The third kappa shape index (κ3) is 5.47. The molecule has 0 aliphatic carbocycles. The highest BCUT2D eigenvalue weighted by molar-refractivity contribution is 9.10. The number of fused-ring (bicyclic) bond motifs is 1. The summed E-state index contributed by atoms with van der Waals surface area (Å²) in [6.45, 7) is 3.79. The zero-order valence-corrected chi connectivity index (χ0v) is 19.3. The minimum Gasteiger partial charge on any atom is -0.506 e. The van der Waals surface area contributed by atoms with Crippen LogP contribution in [0, 0.1) is 0 Å². The van der Waals surface area contributed by atoms with Gasteiger partial charge in [-0.15, -0.1) is 0 Å². The van der Waals surface area contributed by atoms with Gasteiger partial charge >= 0.3 is 0 Å². The van der Waals surface area contributed by atoms with Crippen molar-refractivity contribution in [3.05, 3.63) is 54.7 Å². The predicted octanol–water partition coefficient (Wildman–Crippen LogP) is 7.14. The normalized spacial score (nSPS) is 10.6. The van der Waals surface area contributed by atoms with Gasteiger partial charge in [-0.2, -0.15) is 0 Å². The molecule has 0 bridgehead atoms. The molecule has 0 amide bonds. The average molecular weight is 538 g/mol. The number of phenols is 1. The van der Waals surface area contributed by atoms with E-state index in [-0.39, 0.29) is 23.0 Å². The van der Waals surface area contributed by atoms with Crippen LogP contribution in [-0.2, 0) is 17.6 Å². The zero-order chi connectivity index (χ0) is 20.1. The molecule has 4 nitrogen and oxygen atoms in total. The Morgan fingerprint density at radius 1 is 1.11 bits per heavy atom. The molecule has 0 spiro atoms. The van der Waals surface area contributed by atoms with Crippen molar-refractivity contribution in [2.45, 2.75) is 33.1 Å². The molecule has 3 aromatic rings. The summed E-state index contributed by atoms with van der Waals surface area (Å²) in [5, 5.41) is 10.5. The van der Waals surface area contributed by atoms with Crippen LogP contribution in [0.1, 0.15) is 31.7 Å². The minimum atomic E-state index is -0.0113. The van der Waals surface area contributed by atoms with Gasteiger partial charge in [-0.25, -0.2) is 4.98 Å². The van der Waals surface area contributed by atoms with Crippen molar-refractivity contribution < 1.29 is 14.3 Å². The van der Waals surface area contributed by atoms with E-state index in [2.05, 4.69) is 36.8 Å². The van der Waals surface area contributed by atoms with Crippen molar-refractivity contribution in [2.24, 2.45) is 0 Å². The lowest BCUT2D eigenvalue weighted by Crippen LogP contribution is -2.00. The molecule has 3 rings (SSSR count). The van der Waals surface area contributed by atoms with Crippen molar-refractivity contribution in [3.8, 4) is 5.75 Å². The average Bonchev–Trinajstić information content (AvgIpc) is 3.10. The molecule has 144 valence electrons. The van der Waals surface area contributed by atoms with E-state index in [4.69, 9.17) is 27.6 Å². The van der Waals surface area contributed by atoms with Crippen molar-refractivity contribution in [2.75, 3.05) is 0 Å². The second-order valence-electron chi connectivity index (χ2n) is 5.61. The number of hydrogen-bond acceptors (Lipinski definition) is 4. The molecule has 2 aromatic carbocycles. The lowest BCUT2D eigenvalue weighted by atomic mass is 10.1. The number of ketones is 1. The quantitative estimate of drug-likeness (QED) is 0.384. The minimum absolute atomic E-state index is 0.0113. The van der Waals surface area contributed by atoms with Crippen molar-refractivity contribution >= 4 is 71.9 Å². The number of Topliss-reactive ketones (excluding diaryl/α,β-unsaturated/α-hetero) is 1. The number of carbonyl (C=O) groups is 1. The van der Waals surface area contributed by atoms with E-state index in [1.165, 1.54) is 0 Å². The molecule has 0 saturated heterocycles. The Kier molecular flexibility index (Phi) is 8.16. The summed E-state index contributed by atoms with van der Waals surface area (Å²) in [6.07, 6.45) is 1.48. The van der Waals surface area contributed by atoms with E-state index in [0.717, 1.165) is 22.3 Å². The molecule has 8 heteroatoms. The van der Waals surface area contributed by atoms with Crippen LogP contribution in [0.25, 0.3) is 11.1 Å². The SMILES string of the molecule is CCC(=O)Cc1ccc(Br)c(Cl)c1O.CCc1nc2ccc(Br)c(Cl)c2o1. The number of halogens is 4. The fourth-order valence-electron chi connectivity index (χ4n) is 2.19. The number of benzene rings is 2. The highest BCUT2D eigenvalue weighted by Crippen LogP contribution is 2.34. The standard InChI is InChI=1S/C10H10BrClO2.C9H7BrClNO/c1-2-7(13)5-6-3-4-8(11)9(12)10(6)14;1-2-7-12-6-4-3-5(10)8(11)9(6)13-7/h3-4,14H,2,5H2,1H3;3-4H,2H2,1H3. The Hall–Kier alpha value is -1.08. The number of hydrogen-bond donors (Lipinski definition) is 1. The number of oxazole rings is 1. The molecule has 0 aliphatic heterocycles. The lowest BCUT2D eigenvalue weighted by molar-refractivity contribution is -0.118. The second-order valence-corrected chi connectivity index (χ2v) is 8.07. The van der Waals surface area contributed by atoms with E-state index in [0.29, 0.717) is 27.1 Å². The van der Waals surface area contributed by atoms with Crippen LogP contribution in [-0.4, -0.2) is 15.9 Å². The predicted molar refractivity (Wildman–Crippen MR) is 116 cm³/mol. The molecule has 1 aromatic heterocycles. The largest absolute Gasteiger partial charge is 0.506 e. The van der Waals surface area contributed by atoms with Crippen molar-refractivity contribution in [1.29, 1.82) is 0 Å². The third-order valence-electron chi connectivity index (χ3n) is 3.73. The lowest BCUT2D eigenvalue weighted by Gasteiger charge is -2.06. The number of nitrogens with zero attached hydrogens (tertiary/aromatic N) is 1. The van der Waals surface area contributed by atoms with Crippen LogP contribution in [0.5, 0.6) is 5.75 Å². The van der Waals surface area contributed by atoms with E-state index < -0.39 is 0 Å². The number of aryl methyl sites for hydroxylation is 1. The van der Waals surface area contributed by atoms with Crippen LogP contribution in [0.15, 0.2) is 37.6 Å². The molecule has 1 heterocycles. The molecule has 1 N–H and O–H groups in total. The monoisotopic (exact) mass is 535 g/mol. The summed E-state index contributed by atoms with van der Waals surface area (Å²) >= 11 is 18.3. The van der Waals surface area contributed by atoms with Gasteiger partial charge in [0.15, 0.2) is 11.5 Å². The van der Waals surface area contributed by atoms with Gasteiger partial charge < -0.3 is 9.52 Å². The first-order valence-corrected chi connectivity index (χ1v) is 10.5. The van der Waals surface area contributed by atoms with Crippen LogP contribution in [0.2, 0.25) is 10.0 Å². The number of aromatic hydroxyl groups is 1. The summed E-state index contributed by atoms with van der Waals surface area (Å²) in [4.78, 5) is 15.4. The Morgan fingerprint density at radius 2 is 1.74 bits per heavy atom. The van der Waals surface area contributed by atoms with Gasteiger partial charge in [-0.1, -0.05) is 43.1 Å². The molecular weight excluding hydrogens is 521 g/mol. The molecule has 0 saturated carbocycles. The van der Waals surface area contributed by atoms with Gasteiger partial charge in [0.2, 0.25) is 0 Å². The first-order valence-electron chi connectivity index (χ1n) is 8.19. The van der Waals surface area contributed by atoms with Gasteiger partial charge in [0.25, 0.3) is 0 Å². The van der Waals surface area contributed by atoms with Crippen LogP contribution in [0.3, 0.4) is 0 Å². The van der Waals surface area contributed by atoms with E-state index >= 15 is 0 Å². The molecule has 27 heavy (non-hydrogen) atoms. The smallest absolute Gasteiger partial charge is 0.195 e. The first kappa shape index (κ1) is 22.2. The Balaban J connectivity index is 0.000000194. The van der Waals surface area contributed by atoms with E-state index in [9.17, 15) is 9.90 Å². The fraction of sp³-hybridized carbons (Fsp3) is 0.263. The Bertz CT molecular complexity index is 973. The van der Waals surface area contributed by atoms with Gasteiger partial charge in [0.05, 0.1) is 10.0 Å². The zero-order valence-electron chi connectivity index (χ0n) is 14.7. The van der Waals surface area contributed by atoms with E-state index in [1.807, 2.05) is 19.1 Å². The number of carbonyl (C=O) groups excluding carboxylic acids is 1. The Morgan fingerprint density at radius 3 is 2.37 bits per heavy atom. The summed E-state index contributed by atoms with van der Waals surface area (Å²) in [6, 6.07) is 7.17. The van der Waals surface area contributed by atoms with Gasteiger partial charge in [-0.3, -0.25) is 4.79 Å². The van der Waals surface area contributed by atoms with Crippen molar-refractivity contribution in [3.63, 3.8) is 0 Å². The number of rotatable bonds is 4. The van der Waals surface area contributed by atoms with Crippen LogP contribution in [0.4, 0.5) is 0 Å². The maximum atomic E-state index is 11.2. The van der Waals surface area contributed by atoms with Gasteiger partial charge in [0.1, 0.15) is 17.0 Å². The summed E-state index contributed by atoms with van der Waals surface area (Å²) < 4.78 is 6.92. The molecule has 0 radical (unpaired) electrons. The summed E-state index contributed by atoms with van der Waals surface area (Å²) in [5.41, 5.74) is 2.04. The topological polar surface area (TPSA) is 63.3 Å². The molecule has 0 fully saturated rings. The maximum Gasteiger partial charge on any atom is 0.195 e. The highest BCUT2D eigenvalue weighted by Gasteiger charge is 2.11. The van der Waals surface area contributed by atoms with Crippen molar-refractivity contribution in [1.82, 2.24) is 4.98 Å². The van der Waals surface area contributed by atoms with Gasteiger partial charge in [-0.05, 0) is 50.1 Å². The number of phenolic OH excluding ortho intramolecular Hbond substituents is 1. The molecule has 0 atom stereocenters.